The first-order valence-electron chi connectivity index (χ1n) is 5.95. The van der Waals surface area contributed by atoms with Crippen LogP contribution >= 0.6 is 11.6 Å². The first-order chi connectivity index (χ1) is 8.60. The number of benzene rings is 1. The summed E-state index contributed by atoms with van der Waals surface area (Å²) in [4.78, 5) is 11.5. The molecule has 0 bridgehead atoms. The van der Waals surface area contributed by atoms with E-state index in [0.29, 0.717) is 41.3 Å². The van der Waals surface area contributed by atoms with Gasteiger partial charge in [0.1, 0.15) is 0 Å². The molecule has 1 aliphatic carbocycles. The largest absolute Gasteiger partial charge is 0.481 e. The van der Waals surface area contributed by atoms with Gasteiger partial charge in [-0.05, 0) is 24.8 Å². The molecule has 1 fully saturated rings. The van der Waals surface area contributed by atoms with Gasteiger partial charge in [0.15, 0.2) is 11.5 Å². The summed E-state index contributed by atoms with van der Waals surface area (Å²) in [5.41, 5.74) is 0.766. The average molecular weight is 269 g/mol. The van der Waals surface area contributed by atoms with E-state index in [9.17, 15) is 9.90 Å². The molecule has 1 aromatic carbocycles. The normalized spacial score (nSPS) is 18.8. The number of ether oxygens (including phenoxy) is 2. The van der Waals surface area contributed by atoms with Gasteiger partial charge in [-0.3, -0.25) is 4.79 Å². The van der Waals surface area contributed by atoms with Crippen LogP contribution in [0.3, 0.4) is 0 Å². The second kappa shape index (κ2) is 3.79. The summed E-state index contributed by atoms with van der Waals surface area (Å²) in [6, 6.07) is 1.67. The number of hydrogen-bond donors (Lipinski definition) is 1. The van der Waals surface area contributed by atoms with Crippen molar-refractivity contribution in [2.24, 2.45) is 0 Å². The van der Waals surface area contributed by atoms with E-state index in [2.05, 4.69) is 0 Å². The molecule has 0 aromatic heterocycles. The molecule has 0 atom stereocenters. The maximum Gasteiger partial charge on any atom is 0.314 e. The SMILES string of the molecule is CCc1c2c(cc(Cl)c1C1(C(=O)O)CC1)OCO2. The van der Waals surface area contributed by atoms with Crippen molar-refractivity contribution >= 4 is 17.6 Å². The Morgan fingerprint density at radius 3 is 2.78 bits per heavy atom. The zero-order chi connectivity index (χ0) is 12.9. The molecule has 5 heteroatoms. The van der Waals surface area contributed by atoms with E-state index in [4.69, 9.17) is 21.1 Å². The lowest BCUT2D eigenvalue weighted by atomic mass is 9.89. The molecule has 0 spiro atoms. The van der Waals surface area contributed by atoms with E-state index in [1.165, 1.54) is 0 Å². The van der Waals surface area contributed by atoms with Crippen molar-refractivity contribution < 1.29 is 19.4 Å². The molecule has 0 unspecified atom stereocenters. The topological polar surface area (TPSA) is 55.8 Å². The van der Waals surface area contributed by atoms with E-state index < -0.39 is 11.4 Å². The maximum absolute atomic E-state index is 11.5. The summed E-state index contributed by atoms with van der Waals surface area (Å²) >= 11 is 6.26. The minimum Gasteiger partial charge on any atom is -0.481 e. The molecule has 0 amide bonds. The summed E-state index contributed by atoms with van der Waals surface area (Å²) in [7, 11) is 0. The molecule has 1 saturated carbocycles. The van der Waals surface area contributed by atoms with Gasteiger partial charge in [0, 0.05) is 16.7 Å². The third-order valence-electron chi connectivity index (χ3n) is 3.71. The van der Waals surface area contributed by atoms with Crippen molar-refractivity contribution in [3.8, 4) is 11.5 Å². The fourth-order valence-corrected chi connectivity index (χ4v) is 3.02. The molecular weight excluding hydrogens is 256 g/mol. The van der Waals surface area contributed by atoms with Gasteiger partial charge in [-0.2, -0.15) is 0 Å². The van der Waals surface area contributed by atoms with E-state index in [0.717, 1.165) is 5.56 Å². The van der Waals surface area contributed by atoms with E-state index in [1.807, 2.05) is 6.92 Å². The van der Waals surface area contributed by atoms with Crippen molar-refractivity contribution in [3.63, 3.8) is 0 Å². The third kappa shape index (κ3) is 1.42. The second-order valence-corrected chi connectivity index (χ2v) is 5.09. The monoisotopic (exact) mass is 268 g/mol. The Bertz CT molecular complexity index is 534. The predicted molar refractivity (Wildman–Crippen MR) is 65.5 cm³/mol. The summed E-state index contributed by atoms with van der Waals surface area (Å²) in [6.07, 6.45) is 1.94. The highest BCUT2D eigenvalue weighted by molar-refractivity contribution is 6.32. The van der Waals surface area contributed by atoms with Gasteiger partial charge >= 0.3 is 5.97 Å². The van der Waals surface area contributed by atoms with Crippen LogP contribution in [0, 0.1) is 0 Å². The first-order valence-corrected chi connectivity index (χ1v) is 6.33. The molecule has 3 rings (SSSR count). The van der Waals surface area contributed by atoms with E-state index >= 15 is 0 Å². The van der Waals surface area contributed by atoms with Gasteiger partial charge in [-0.25, -0.2) is 0 Å². The highest BCUT2D eigenvalue weighted by Gasteiger charge is 2.54. The number of carboxylic acid groups (broad SMARTS) is 1. The second-order valence-electron chi connectivity index (χ2n) is 4.69. The number of carbonyl (C=O) groups is 1. The number of halogens is 1. The van der Waals surface area contributed by atoms with Gasteiger partial charge in [-0.1, -0.05) is 18.5 Å². The quantitative estimate of drug-likeness (QED) is 0.916. The zero-order valence-electron chi connectivity index (χ0n) is 9.96. The van der Waals surface area contributed by atoms with Crippen molar-refractivity contribution in [3.05, 3.63) is 22.2 Å². The molecule has 4 nitrogen and oxygen atoms in total. The molecule has 1 aliphatic heterocycles. The molecule has 0 saturated heterocycles. The molecule has 1 heterocycles. The van der Waals surface area contributed by atoms with Gasteiger partial charge < -0.3 is 14.6 Å². The summed E-state index contributed by atoms with van der Waals surface area (Å²) < 4.78 is 10.8. The van der Waals surface area contributed by atoms with Crippen molar-refractivity contribution in [2.75, 3.05) is 6.79 Å². The van der Waals surface area contributed by atoms with Crippen LogP contribution in [-0.4, -0.2) is 17.9 Å². The Hall–Kier alpha value is -1.42. The molecule has 1 N–H and O–H groups in total. The highest BCUT2D eigenvalue weighted by atomic mass is 35.5. The van der Waals surface area contributed by atoms with E-state index in [-0.39, 0.29) is 6.79 Å². The molecular formula is C13H13ClO4. The highest BCUT2D eigenvalue weighted by Crippen LogP contribution is 2.55. The van der Waals surface area contributed by atoms with E-state index in [1.54, 1.807) is 6.07 Å². The van der Waals surface area contributed by atoms with Crippen molar-refractivity contribution in [2.45, 2.75) is 31.6 Å². The van der Waals surface area contributed by atoms with Crippen molar-refractivity contribution in [1.82, 2.24) is 0 Å². The van der Waals surface area contributed by atoms with Crippen LogP contribution in [0.15, 0.2) is 6.07 Å². The van der Waals surface area contributed by atoms with Crippen LogP contribution in [0.4, 0.5) is 0 Å². The van der Waals surface area contributed by atoms with Crippen LogP contribution in [0.1, 0.15) is 30.9 Å². The fourth-order valence-electron chi connectivity index (χ4n) is 2.63. The lowest BCUT2D eigenvalue weighted by Crippen LogP contribution is -2.22. The van der Waals surface area contributed by atoms with Crippen LogP contribution in [0.5, 0.6) is 11.5 Å². The minimum absolute atomic E-state index is 0.169. The Balaban J connectivity index is 2.23. The van der Waals surface area contributed by atoms with Gasteiger partial charge in [0.2, 0.25) is 6.79 Å². The molecule has 2 aliphatic rings. The van der Waals surface area contributed by atoms with Gasteiger partial charge in [0.25, 0.3) is 0 Å². The Morgan fingerprint density at radius 2 is 2.22 bits per heavy atom. The van der Waals surface area contributed by atoms with Gasteiger partial charge in [-0.15, -0.1) is 0 Å². The number of hydrogen-bond acceptors (Lipinski definition) is 3. The number of fused-ring (bicyclic) bond motifs is 1. The van der Waals surface area contributed by atoms with Crippen LogP contribution in [-0.2, 0) is 16.6 Å². The summed E-state index contributed by atoms with van der Waals surface area (Å²) in [5, 5.41) is 9.89. The standard InChI is InChI=1S/C13H13ClO4/c1-2-7-10(13(3-4-13)12(15)16)8(14)5-9-11(7)18-6-17-9/h5H,2-4,6H2,1H3,(H,15,16). The number of rotatable bonds is 3. The fraction of sp³-hybridized carbons (Fsp3) is 0.462. The third-order valence-corrected chi connectivity index (χ3v) is 4.00. The Labute approximate surface area is 109 Å². The number of carboxylic acids is 1. The molecule has 18 heavy (non-hydrogen) atoms. The zero-order valence-corrected chi connectivity index (χ0v) is 10.7. The smallest absolute Gasteiger partial charge is 0.314 e. The average Bonchev–Trinajstić information content (AvgIpc) is 3.01. The van der Waals surface area contributed by atoms with Crippen LogP contribution in [0.2, 0.25) is 5.02 Å². The lowest BCUT2D eigenvalue weighted by Gasteiger charge is -2.18. The van der Waals surface area contributed by atoms with Gasteiger partial charge in [0.05, 0.1) is 5.41 Å². The Kier molecular flexibility index (Phi) is 2.45. The molecule has 0 radical (unpaired) electrons. The Morgan fingerprint density at radius 1 is 1.50 bits per heavy atom. The van der Waals surface area contributed by atoms with Crippen molar-refractivity contribution in [1.29, 1.82) is 0 Å². The predicted octanol–water partition coefficient (Wildman–Crippen LogP) is 2.75. The minimum atomic E-state index is -0.816. The summed E-state index contributed by atoms with van der Waals surface area (Å²) in [6.45, 7) is 2.14. The van der Waals surface area contributed by atoms with Crippen LogP contribution in [0.25, 0.3) is 0 Å². The maximum atomic E-state index is 11.5. The molecule has 1 aromatic rings. The first kappa shape index (κ1) is 11.7. The number of aliphatic carboxylic acids is 1. The lowest BCUT2D eigenvalue weighted by molar-refractivity contribution is -0.140. The summed E-state index contributed by atoms with van der Waals surface area (Å²) in [5.74, 6) is 0.462. The molecule has 96 valence electrons. The van der Waals surface area contributed by atoms with Crippen LogP contribution < -0.4 is 9.47 Å².